The minimum absolute atomic E-state index is 0. The fourth-order valence-electron chi connectivity index (χ4n) is 2.37. The van der Waals surface area contributed by atoms with Crippen molar-refractivity contribution in [2.45, 2.75) is 18.9 Å². The minimum Gasteiger partial charge on any atom is -0.469 e. The van der Waals surface area contributed by atoms with E-state index in [1.165, 1.54) is 7.11 Å². The molecular formula is C15H20Cl2N2O3. The maximum absolute atomic E-state index is 12.2. The summed E-state index contributed by atoms with van der Waals surface area (Å²) in [6.45, 7) is 1.53. The second-order valence-electron chi connectivity index (χ2n) is 5.08. The molecule has 1 amide bonds. The first-order valence-electron chi connectivity index (χ1n) is 6.93. The third-order valence-electron chi connectivity index (χ3n) is 3.62. The lowest BCUT2D eigenvalue weighted by atomic mass is 10.0. The second kappa shape index (κ2) is 8.98. The first-order valence-corrected chi connectivity index (χ1v) is 7.31. The smallest absolute Gasteiger partial charge is 0.307 e. The molecule has 7 heteroatoms. The van der Waals surface area contributed by atoms with Crippen molar-refractivity contribution < 1.29 is 14.3 Å². The van der Waals surface area contributed by atoms with Gasteiger partial charge in [0.25, 0.3) is 0 Å². The highest BCUT2D eigenvalue weighted by Gasteiger charge is 2.26. The van der Waals surface area contributed by atoms with Crippen LogP contribution < -0.4 is 10.6 Å². The summed E-state index contributed by atoms with van der Waals surface area (Å²) < 4.78 is 4.70. The summed E-state index contributed by atoms with van der Waals surface area (Å²) in [5, 5.41) is 6.71. The Hall–Kier alpha value is -1.30. The van der Waals surface area contributed by atoms with Crippen molar-refractivity contribution in [3.05, 3.63) is 34.9 Å². The number of esters is 1. The zero-order chi connectivity index (χ0) is 15.2. The number of carbonyl (C=O) groups is 2. The van der Waals surface area contributed by atoms with Gasteiger partial charge in [-0.2, -0.15) is 0 Å². The molecule has 22 heavy (non-hydrogen) atoms. The van der Waals surface area contributed by atoms with Gasteiger partial charge in [0.1, 0.15) is 0 Å². The second-order valence-corrected chi connectivity index (χ2v) is 5.52. The van der Waals surface area contributed by atoms with Crippen LogP contribution in [0.4, 0.5) is 0 Å². The molecule has 0 aliphatic carbocycles. The molecule has 1 saturated heterocycles. The highest BCUT2D eigenvalue weighted by molar-refractivity contribution is 6.30. The number of hydrogen-bond acceptors (Lipinski definition) is 4. The number of methoxy groups -OCH3 is 1. The topological polar surface area (TPSA) is 67.4 Å². The third-order valence-corrected chi connectivity index (χ3v) is 3.87. The fraction of sp³-hybridized carbons (Fsp3) is 0.467. The summed E-state index contributed by atoms with van der Waals surface area (Å²) in [7, 11) is 1.34. The Morgan fingerprint density at radius 2 is 2.09 bits per heavy atom. The number of benzene rings is 1. The molecule has 0 saturated carbocycles. The molecular weight excluding hydrogens is 327 g/mol. The molecule has 1 aromatic rings. The average Bonchev–Trinajstić information content (AvgIpc) is 3.01. The zero-order valence-electron chi connectivity index (χ0n) is 12.3. The lowest BCUT2D eigenvalue weighted by molar-refractivity contribution is -0.141. The number of carbonyl (C=O) groups excluding carboxylic acids is 2. The van der Waals surface area contributed by atoms with E-state index in [2.05, 4.69) is 10.6 Å². The summed E-state index contributed by atoms with van der Waals surface area (Å²) in [6.07, 6.45) is 0.918. The molecule has 5 nitrogen and oxygen atoms in total. The van der Waals surface area contributed by atoms with Crippen LogP contribution in [-0.4, -0.2) is 32.1 Å². The van der Waals surface area contributed by atoms with Crippen LogP contribution in [-0.2, 0) is 14.3 Å². The van der Waals surface area contributed by atoms with Gasteiger partial charge in [-0.05, 0) is 30.7 Å². The summed E-state index contributed by atoms with van der Waals surface area (Å²) in [6, 6.07) is 6.70. The van der Waals surface area contributed by atoms with Crippen LogP contribution in [0, 0.1) is 5.92 Å². The van der Waals surface area contributed by atoms with Gasteiger partial charge >= 0.3 is 5.97 Å². The molecule has 2 atom stereocenters. The molecule has 1 aliphatic heterocycles. The van der Waals surface area contributed by atoms with E-state index in [0.717, 1.165) is 18.5 Å². The Morgan fingerprint density at radius 1 is 1.41 bits per heavy atom. The lowest BCUT2D eigenvalue weighted by Crippen LogP contribution is -2.36. The van der Waals surface area contributed by atoms with Gasteiger partial charge < -0.3 is 15.4 Å². The largest absolute Gasteiger partial charge is 0.469 e. The predicted octanol–water partition coefficient (Wildman–Crippen LogP) is 2.09. The summed E-state index contributed by atoms with van der Waals surface area (Å²) in [5.74, 6) is -0.443. The molecule has 0 radical (unpaired) electrons. The molecule has 0 spiro atoms. The molecule has 1 unspecified atom stereocenters. The summed E-state index contributed by atoms with van der Waals surface area (Å²) in [5.41, 5.74) is 0.837. The molecule has 1 fully saturated rings. The molecule has 122 valence electrons. The Morgan fingerprint density at radius 3 is 2.64 bits per heavy atom. The van der Waals surface area contributed by atoms with Crippen molar-refractivity contribution in [1.82, 2.24) is 10.6 Å². The number of halogens is 2. The van der Waals surface area contributed by atoms with E-state index in [9.17, 15) is 9.59 Å². The van der Waals surface area contributed by atoms with Crippen molar-refractivity contribution in [3.63, 3.8) is 0 Å². The maximum atomic E-state index is 12.2. The van der Waals surface area contributed by atoms with E-state index < -0.39 is 6.04 Å². The van der Waals surface area contributed by atoms with E-state index >= 15 is 0 Å². The van der Waals surface area contributed by atoms with Gasteiger partial charge in [-0.25, -0.2) is 0 Å². The number of amides is 1. The third kappa shape index (κ3) is 5.16. The quantitative estimate of drug-likeness (QED) is 0.801. The van der Waals surface area contributed by atoms with Crippen LogP contribution in [0.15, 0.2) is 24.3 Å². The molecule has 2 rings (SSSR count). The molecule has 1 aliphatic rings. The van der Waals surface area contributed by atoms with Crippen LogP contribution in [0.2, 0.25) is 5.02 Å². The number of ether oxygens (including phenoxy) is 1. The van der Waals surface area contributed by atoms with Crippen molar-refractivity contribution in [1.29, 1.82) is 0 Å². The van der Waals surface area contributed by atoms with Crippen molar-refractivity contribution in [2.75, 3.05) is 20.2 Å². The zero-order valence-corrected chi connectivity index (χ0v) is 13.9. The van der Waals surface area contributed by atoms with Crippen LogP contribution in [0.25, 0.3) is 0 Å². The van der Waals surface area contributed by atoms with Gasteiger partial charge in [0.2, 0.25) is 5.91 Å². The molecule has 1 heterocycles. The first kappa shape index (κ1) is 18.7. The van der Waals surface area contributed by atoms with Crippen LogP contribution >= 0.6 is 24.0 Å². The van der Waals surface area contributed by atoms with E-state index in [4.69, 9.17) is 16.3 Å². The van der Waals surface area contributed by atoms with Gasteiger partial charge in [0, 0.05) is 11.6 Å². The lowest BCUT2D eigenvalue weighted by Gasteiger charge is -2.20. The Labute approximate surface area is 141 Å². The predicted molar refractivity (Wildman–Crippen MR) is 87.2 cm³/mol. The van der Waals surface area contributed by atoms with Gasteiger partial charge in [0.15, 0.2) is 0 Å². The minimum atomic E-state index is -0.400. The fourth-order valence-corrected chi connectivity index (χ4v) is 2.49. The van der Waals surface area contributed by atoms with Crippen molar-refractivity contribution in [3.8, 4) is 0 Å². The Balaban J connectivity index is 0.00000242. The van der Waals surface area contributed by atoms with Crippen molar-refractivity contribution >= 4 is 35.9 Å². The van der Waals surface area contributed by atoms with Crippen molar-refractivity contribution in [2.24, 2.45) is 5.92 Å². The van der Waals surface area contributed by atoms with Gasteiger partial charge in [-0.15, -0.1) is 12.4 Å². The van der Waals surface area contributed by atoms with Gasteiger partial charge in [-0.3, -0.25) is 9.59 Å². The van der Waals surface area contributed by atoms with Crippen LogP contribution in [0.5, 0.6) is 0 Å². The summed E-state index contributed by atoms with van der Waals surface area (Å²) in [4.78, 5) is 23.8. The number of nitrogens with one attached hydrogen (secondary N) is 2. The summed E-state index contributed by atoms with van der Waals surface area (Å²) >= 11 is 5.87. The number of hydrogen-bond donors (Lipinski definition) is 2. The normalized spacial score (nSPS) is 18.2. The van der Waals surface area contributed by atoms with E-state index in [1.54, 1.807) is 12.1 Å². The van der Waals surface area contributed by atoms with Gasteiger partial charge in [-0.1, -0.05) is 23.7 Å². The number of rotatable bonds is 5. The molecule has 2 N–H and O–H groups in total. The Bertz CT molecular complexity index is 502. The highest BCUT2D eigenvalue weighted by atomic mass is 35.5. The van der Waals surface area contributed by atoms with E-state index in [1.807, 2.05) is 12.1 Å². The molecule has 0 bridgehead atoms. The standard InChI is InChI=1S/C15H19ClN2O3.ClH/c1-21-14(19)8-13(10-2-4-12(16)5-3-10)18-15(20)11-6-7-17-9-11;/h2-5,11,13,17H,6-9H2,1H3,(H,18,20);1H/t11?,13-;/m0./s1. The average molecular weight is 347 g/mol. The highest BCUT2D eigenvalue weighted by Crippen LogP contribution is 2.21. The molecule has 1 aromatic carbocycles. The monoisotopic (exact) mass is 346 g/mol. The van der Waals surface area contributed by atoms with Crippen LogP contribution in [0.1, 0.15) is 24.4 Å². The van der Waals surface area contributed by atoms with Crippen LogP contribution in [0.3, 0.4) is 0 Å². The molecule has 0 aromatic heterocycles. The van der Waals surface area contributed by atoms with E-state index in [0.29, 0.717) is 11.6 Å². The maximum Gasteiger partial charge on any atom is 0.307 e. The Kier molecular flexibility index (Phi) is 7.65. The van der Waals surface area contributed by atoms with Gasteiger partial charge in [0.05, 0.1) is 25.5 Å². The SMILES string of the molecule is COC(=O)C[C@H](NC(=O)C1CCNC1)c1ccc(Cl)cc1.Cl. The van der Waals surface area contributed by atoms with E-state index in [-0.39, 0.29) is 36.6 Å². The first-order chi connectivity index (χ1) is 10.1.